The van der Waals surface area contributed by atoms with Gasteiger partial charge in [-0.3, -0.25) is 4.79 Å². The van der Waals surface area contributed by atoms with Gasteiger partial charge < -0.3 is 5.32 Å². The number of amides is 1. The zero-order valence-electron chi connectivity index (χ0n) is 19.3. The summed E-state index contributed by atoms with van der Waals surface area (Å²) in [5.74, 6) is -0.617. The zero-order chi connectivity index (χ0) is 25.9. The minimum atomic E-state index is -3.94. The number of piperidine rings is 1. The first-order chi connectivity index (χ1) is 17.1. The average Bonchev–Trinajstić information content (AvgIpc) is 2.85. The number of nitrogens with zero attached hydrogens (tertiary/aromatic N) is 3. The molecule has 0 atom stereocenters. The van der Waals surface area contributed by atoms with E-state index in [1.54, 1.807) is 13.0 Å². The van der Waals surface area contributed by atoms with E-state index in [0.717, 1.165) is 19.3 Å². The SMILES string of the molecule is Cc1ccnc(NS(=O)(=O)c2ccc(NC(=O)c3ccc(Cl)c(S(=O)(=O)N4CCCCC4)c3)cc2)n1. The molecule has 2 N–H and O–H groups in total. The third kappa shape index (κ3) is 5.84. The summed E-state index contributed by atoms with van der Waals surface area (Å²) in [6.07, 6.45) is 3.96. The molecular formula is C23H24ClN5O5S2. The van der Waals surface area contributed by atoms with Gasteiger partial charge in [0.15, 0.2) is 0 Å². The van der Waals surface area contributed by atoms with Crippen molar-refractivity contribution >= 4 is 49.2 Å². The van der Waals surface area contributed by atoms with E-state index in [9.17, 15) is 21.6 Å². The van der Waals surface area contributed by atoms with Gasteiger partial charge >= 0.3 is 0 Å². The Labute approximate surface area is 214 Å². The number of aromatic nitrogens is 2. The standard InChI is InChI=1S/C23H24ClN5O5S2/c1-16-11-12-25-23(26-16)28-35(31,32)19-8-6-18(7-9-19)27-22(30)17-5-10-20(24)21(15-17)36(33,34)29-13-3-2-4-14-29/h5-12,15H,2-4,13-14H2,1H3,(H,27,30)(H,25,26,28). The molecule has 2 aromatic carbocycles. The number of aryl methyl sites for hydroxylation is 1. The summed E-state index contributed by atoms with van der Waals surface area (Å²) >= 11 is 6.18. The van der Waals surface area contributed by atoms with Crippen molar-refractivity contribution in [2.45, 2.75) is 36.0 Å². The fraction of sp³-hybridized carbons (Fsp3) is 0.261. The second kappa shape index (κ2) is 10.5. The molecule has 2 heterocycles. The summed E-state index contributed by atoms with van der Waals surface area (Å²) in [7, 11) is -7.77. The molecule has 1 aliphatic heterocycles. The number of halogens is 1. The van der Waals surface area contributed by atoms with Crippen LogP contribution in [0.15, 0.2) is 64.5 Å². The molecule has 0 saturated carbocycles. The Balaban J connectivity index is 1.49. The normalized spacial score (nSPS) is 14.8. The van der Waals surface area contributed by atoms with Gasteiger partial charge in [-0.15, -0.1) is 0 Å². The van der Waals surface area contributed by atoms with Gasteiger partial charge in [-0.25, -0.2) is 31.5 Å². The van der Waals surface area contributed by atoms with E-state index in [-0.39, 0.29) is 26.3 Å². The van der Waals surface area contributed by atoms with Crippen LogP contribution in [-0.2, 0) is 20.0 Å². The van der Waals surface area contributed by atoms with Crippen LogP contribution in [0.1, 0.15) is 35.3 Å². The lowest BCUT2D eigenvalue weighted by molar-refractivity contribution is 0.102. The van der Waals surface area contributed by atoms with E-state index in [1.165, 1.54) is 53.0 Å². The monoisotopic (exact) mass is 549 g/mol. The fourth-order valence-corrected chi connectivity index (χ4v) is 6.65. The van der Waals surface area contributed by atoms with Crippen LogP contribution in [-0.4, -0.2) is 50.1 Å². The summed E-state index contributed by atoms with van der Waals surface area (Å²) in [5, 5.41) is 2.68. The van der Waals surface area contributed by atoms with Gasteiger partial charge in [0.25, 0.3) is 15.9 Å². The summed E-state index contributed by atoms with van der Waals surface area (Å²) in [4.78, 5) is 20.6. The summed E-state index contributed by atoms with van der Waals surface area (Å²) < 4.78 is 55.0. The first-order valence-corrected chi connectivity index (χ1v) is 14.4. The van der Waals surface area contributed by atoms with Crippen molar-refractivity contribution in [3.05, 3.63) is 71.0 Å². The third-order valence-corrected chi connectivity index (χ3v) is 9.29. The van der Waals surface area contributed by atoms with Crippen LogP contribution < -0.4 is 10.0 Å². The van der Waals surface area contributed by atoms with Crippen LogP contribution in [0.4, 0.5) is 11.6 Å². The Morgan fingerprint density at radius 3 is 2.33 bits per heavy atom. The van der Waals surface area contributed by atoms with E-state index < -0.39 is 26.0 Å². The van der Waals surface area contributed by atoms with Crippen molar-refractivity contribution < 1.29 is 21.6 Å². The van der Waals surface area contributed by atoms with Crippen LogP contribution in [0.3, 0.4) is 0 Å². The zero-order valence-corrected chi connectivity index (χ0v) is 21.7. The molecule has 1 aliphatic rings. The molecule has 1 saturated heterocycles. The van der Waals surface area contributed by atoms with Gasteiger partial charge in [0.05, 0.1) is 9.92 Å². The number of rotatable bonds is 7. The molecule has 1 amide bonds. The average molecular weight is 550 g/mol. The highest BCUT2D eigenvalue weighted by molar-refractivity contribution is 7.92. The van der Waals surface area contributed by atoms with Crippen molar-refractivity contribution in [1.82, 2.24) is 14.3 Å². The predicted molar refractivity (Wildman–Crippen MR) is 136 cm³/mol. The van der Waals surface area contributed by atoms with Gasteiger partial charge in [0.2, 0.25) is 16.0 Å². The third-order valence-electron chi connectivity index (χ3n) is 5.57. The molecule has 4 rings (SSSR count). The van der Waals surface area contributed by atoms with E-state index in [0.29, 0.717) is 24.5 Å². The molecule has 0 spiro atoms. The number of nitrogens with one attached hydrogen (secondary N) is 2. The summed E-state index contributed by atoms with van der Waals surface area (Å²) in [6, 6.07) is 11.2. The minimum absolute atomic E-state index is 0.0387. The molecule has 13 heteroatoms. The Bertz CT molecular complexity index is 1490. The van der Waals surface area contributed by atoms with Gasteiger partial charge in [-0.2, -0.15) is 4.31 Å². The van der Waals surface area contributed by atoms with Crippen LogP contribution in [0.5, 0.6) is 0 Å². The molecule has 0 radical (unpaired) electrons. The van der Waals surface area contributed by atoms with E-state index in [2.05, 4.69) is 20.0 Å². The van der Waals surface area contributed by atoms with Crippen molar-refractivity contribution in [3.8, 4) is 0 Å². The minimum Gasteiger partial charge on any atom is -0.322 e. The van der Waals surface area contributed by atoms with Gasteiger partial charge in [0.1, 0.15) is 4.90 Å². The molecule has 0 unspecified atom stereocenters. The lowest BCUT2D eigenvalue weighted by Crippen LogP contribution is -2.35. The smallest absolute Gasteiger partial charge is 0.264 e. The second-order valence-electron chi connectivity index (χ2n) is 8.22. The fourth-order valence-electron chi connectivity index (χ4n) is 3.68. The van der Waals surface area contributed by atoms with Crippen molar-refractivity contribution in [2.75, 3.05) is 23.1 Å². The van der Waals surface area contributed by atoms with Crippen LogP contribution in [0, 0.1) is 6.92 Å². The number of anilines is 2. The quantitative estimate of drug-likeness (QED) is 0.458. The molecule has 1 aromatic heterocycles. The number of benzene rings is 2. The molecule has 10 nitrogen and oxygen atoms in total. The molecule has 1 fully saturated rings. The summed E-state index contributed by atoms with van der Waals surface area (Å²) in [6.45, 7) is 2.54. The molecule has 36 heavy (non-hydrogen) atoms. The molecular weight excluding hydrogens is 526 g/mol. The highest BCUT2D eigenvalue weighted by Gasteiger charge is 2.29. The Kier molecular flexibility index (Phi) is 7.59. The molecule has 0 aliphatic carbocycles. The Morgan fingerprint density at radius 1 is 0.972 bits per heavy atom. The molecule has 190 valence electrons. The van der Waals surface area contributed by atoms with Gasteiger partial charge in [-0.05, 0) is 68.3 Å². The number of carbonyl (C=O) groups excluding carboxylic acids is 1. The molecule has 3 aromatic rings. The van der Waals surface area contributed by atoms with Gasteiger partial charge in [-0.1, -0.05) is 18.0 Å². The lowest BCUT2D eigenvalue weighted by Gasteiger charge is -2.26. The van der Waals surface area contributed by atoms with E-state index in [1.807, 2.05) is 0 Å². The largest absolute Gasteiger partial charge is 0.322 e. The van der Waals surface area contributed by atoms with E-state index in [4.69, 9.17) is 11.6 Å². The second-order valence-corrected chi connectivity index (χ2v) is 12.2. The van der Waals surface area contributed by atoms with Crippen LogP contribution in [0.25, 0.3) is 0 Å². The first kappa shape index (κ1) is 26.0. The maximum absolute atomic E-state index is 13.1. The number of carbonyl (C=O) groups is 1. The van der Waals surface area contributed by atoms with Crippen molar-refractivity contribution in [2.24, 2.45) is 0 Å². The highest BCUT2D eigenvalue weighted by atomic mass is 35.5. The van der Waals surface area contributed by atoms with Crippen molar-refractivity contribution in [1.29, 1.82) is 0 Å². The molecule has 0 bridgehead atoms. The first-order valence-electron chi connectivity index (χ1n) is 11.1. The highest BCUT2D eigenvalue weighted by Crippen LogP contribution is 2.28. The van der Waals surface area contributed by atoms with Crippen LogP contribution >= 0.6 is 11.6 Å². The Morgan fingerprint density at radius 2 is 1.67 bits per heavy atom. The lowest BCUT2D eigenvalue weighted by atomic mass is 10.2. The summed E-state index contributed by atoms with van der Waals surface area (Å²) in [5.41, 5.74) is 1.03. The van der Waals surface area contributed by atoms with E-state index >= 15 is 0 Å². The maximum Gasteiger partial charge on any atom is 0.264 e. The maximum atomic E-state index is 13.1. The number of sulfonamides is 2. The number of hydrogen-bond donors (Lipinski definition) is 2. The van der Waals surface area contributed by atoms with Gasteiger partial charge in [0, 0.05) is 36.2 Å². The van der Waals surface area contributed by atoms with Crippen molar-refractivity contribution in [3.63, 3.8) is 0 Å². The topological polar surface area (TPSA) is 138 Å². The predicted octanol–water partition coefficient (Wildman–Crippen LogP) is 3.67. The Hall–Kier alpha value is -3.06. The van der Waals surface area contributed by atoms with Crippen LogP contribution in [0.2, 0.25) is 5.02 Å². The number of hydrogen-bond acceptors (Lipinski definition) is 7.